The van der Waals surface area contributed by atoms with Crippen LogP contribution in [0.15, 0.2) is 36.1 Å². The van der Waals surface area contributed by atoms with Gasteiger partial charge in [0.25, 0.3) is 0 Å². The first-order chi connectivity index (χ1) is 8.93. The lowest BCUT2D eigenvalue weighted by Gasteiger charge is -2.35. The molecule has 104 valence electrons. The third kappa shape index (κ3) is 2.83. The molecule has 0 heterocycles. The van der Waals surface area contributed by atoms with E-state index in [1.165, 1.54) is 38.0 Å². The van der Waals surface area contributed by atoms with Crippen LogP contribution in [0.1, 0.15) is 46.5 Å². The van der Waals surface area contributed by atoms with Gasteiger partial charge in [0, 0.05) is 6.92 Å². The summed E-state index contributed by atoms with van der Waals surface area (Å²) in [7, 11) is 0. The van der Waals surface area contributed by atoms with Gasteiger partial charge in [0.1, 0.15) is 0 Å². The maximum atomic E-state index is 10.7. The summed E-state index contributed by atoms with van der Waals surface area (Å²) in [6.45, 7) is 10.0. The van der Waals surface area contributed by atoms with E-state index in [0.29, 0.717) is 0 Å². The fourth-order valence-corrected chi connectivity index (χ4v) is 3.61. The molecule has 2 aliphatic carbocycles. The topological polar surface area (TPSA) is 26.3 Å². The lowest BCUT2D eigenvalue weighted by molar-refractivity contribution is -0.135. The second-order valence-corrected chi connectivity index (χ2v) is 6.23. The maximum Gasteiger partial charge on any atom is 0.307 e. The summed E-state index contributed by atoms with van der Waals surface area (Å²) >= 11 is 0. The standard InChI is InChI=1S/C17H24O2/c1-12(11-19-14(3)18)6-5-9-17(4)13(2)15-7-8-16(17)10-15/h5-6,11,15-16H,2,7-10H2,1,3-4H3/b6-5+,12-11+/t15-,16+,17+/m1/s1. The van der Waals surface area contributed by atoms with E-state index in [-0.39, 0.29) is 11.4 Å². The molecule has 19 heavy (non-hydrogen) atoms. The van der Waals surface area contributed by atoms with Crippen molar-refractivity contribution >= 4 is 5.97 Å². The molecule has 0 N–H and O–H groups in total. The first-order valence-electron chi connectivity index (χ1n) is 7.13. The Morgan fingerprint density at radius 2 is 2.21 bits per heavy atom. The maximum absolute atomic E-state index is 10.7. The fraction of sp³-hybridized carbons (Fsp3) is 0.588. The molecule has 2 saturated carbocycles. The molecule has 2 fully saturated rings. The summed E-state index contributed by atoms with van der Waals surface area (Å²) in [5.74, 6) is 1.30. The Balaban J connectivity index is 1.93. The molecular formula is C17H24O2. The number of fused-ring (bicyclic) bond motifs is 2. The average molecular weight is 260 g/mol. The molecule has 0 aromatic heterocycles. The Hall–Kier alpha value is -1.31. The van der Waals surface area contributed by atoms with Gasteiger partial charge in [-0.05, 0) is 55.4 Å². The highest BCUT2D eigenvalue weighted by Crippen LogP contribution is 2.60. The minimum absolute atomic E-state index is 0.277. The predicted molar refractivity (Wildman–Crippen MR) is 77.4 cm³/mol. The van der Waals surface area contributed by atoms with Crippen molar-refractivity contribution in [2.24, 2.45) is 17.3 Å². The molecule has 0 spiro atoms. The summed E-state index contributed by atoms with van der Waals surface area (Å²) in [5, 5.41) is 0. The number of allylic oxidation sites excluding steroid dienone is 4. The summed E-state index contributed by atoms with van der Waals surface area (Å²) in [4.78, 5) is 10.7. The Bertz CT molecular complexity index is 444. The molecule has 3 atom stereocenters. The Morgan fingerprint density at radius 1 is 1.47 bits per heavy atom. The Morgan fingerprint density at radius 3 is 2.79 bits per heavy atom. The number of hydrogen-bond acceptors (Lipinski definition) is 2. The van der Waals surface area contributed by atoms with Gasteiger partial charge in [-0.1, -0.05) is 31.2 Å². The summed E-state index contributed by atoms with van der Waals surface area (Å²) in [5.41, 5.74) is 2.70. The number of carbonyl (C=O) groups is 1. The van der Waals surface area contributed by atoms with Gasteiger partial charge in [0.15, 0.2) is 0 Å². The molecule has 0 amide bonds. The van der Waals surface area contributed by atoms with Gasteiger partial charge in [-0.3, -0.25) is 4.79 Å². The van der Waals surface area contributed by atoms with E-state index in [2.05, 4.69) is 19.6 Å². The van der Waals surface area contributed by atoms with Gasteiger partial charge in [0.2, 0.25) is 0 Å². The molecule has 0 saturated heterocycles. The lowest BCUT2D eigenvalue weighted by Crippen LogP contribution is -2.25. The zero-order valence-electron chi connectivity index (χ0n) is 12.2. The Labute approximate surface area is 116 Å². The van der Waals surface area contributed by atoms with Gasteiger partial charge in [-0.2, -0.15) is 0 Å². The van der Waals surface area contributed by atoms with Crippen LogP contribution >= 0.6 is 0 Å². The third-order valence-corrected chi connectivity index (χ3v) is 4.89. The zero-order chi connectivity index (χ0) is 14.0. The molecular weight excluding hydrogens is 236 g/mol. The largest absolute Gasteiger partial charge is 0.434 e. The van der Waals surface area contributed by atoms with Crippen LogP contribution in [-0.2, 0) is 9.53 Å². The predicted octanol–water partition coefficient (Wildman–Crippen LogP) is 4.39. The lowest BCUT2D eigenvalue weighted by atomic mass is 9.69. The molecule has 2 bridgehead atoms. The van der Waals surface area contributed by atoms with Crippen LogP contribution in [0.5, 0.6) is 0 Å². The van der Waals surface area contributed by atoms with E-state index in [0.717, 1.165) is 23.8 Å². The van der Waals surface area contributed by atoms with Crippen molar-refractivity contribution in [3.63, 3.8) is 0 Å². The zero-order valence-corrected chi connectivity index (χ0v) is 12.2. The van der Waals surface area contributed by atoms with E-state index in [1.54, 1.807) is 0 Å². The molecule has 0 aromatic rings. The molecule has 2 heteroatoms. The van der Waals surface area contributed by atoms with Crippen LogP contribution in [0.25, 0.3) is 0 Å². The molecule has 0 unspecified atom stereocenters. The van der Waals surface area contributed by atoms with Crippen molar-refractivity contribution < 1.29 is 9.53 Å². The molecule has 0 radical (unpaired) electrons. The SMILES string of the molecule is C=C1[C@@H]2CC[C@@H](C2)[C@@]1(C)C/C=C/C(C)=C/OC(C)=O. The minimum atomic E-state index is -0.277. The van der Waals surface area contributed by atoms with Gasteiger partial charge in [-0.15, -0.1) is 0 Å². The van der Waals surface area contributed by atoms with Crippen molar-refractivity contribution in [1.29, 1.82) is 0 Å². The number of esters is 1. The molecule has 2 nitrogen and oxygen atoms in total. The van der Waals surface area contributed by atoms with Crippen molar-refractivity contribution in [1.82, 2.24) is 0 Å². The quantitative estimate of drug-likeness (QED) is 0.324. The summed E-state index contributed by atoms with van der Waals surface area (Å²) in [6.07, 6.45) is 10.8. The van der Waals surface area contributed by atoms with E-state index in [9.17, 15) is 4.79 Å². The number of carbonyl (C=O) groups excluding carboxylic acids is 1. The van der Waals surface area contributed by atoms with Crippen LogP contribution in [0.2, 0.25) is 0 Å². The third-order valence-electron chi connectivity index (χ3n) is 4.89. The number of rotatable bonds is 4. The van der Waals surface area contributed by atoms with Gasteiger partial charge < -0.3 is 4.74 Å². The highest BCUT2D eigenvalue weighted by molar-refractivity contribution is 5.66. The minimum Gasteiger partial charge on any atom is -0.434 e. The number of hydrogen-bond donors (Lipinski definition) is 0. The normalized spacial score (nSPS) is 34.3. The molecule has 2 rings (SSSR count). The smallest absolute Gasteiger partial charge is 0.307 e. The Kier molecular flexibility index (Phi) is 3.98. The van der Waals surface area contributed by atoms with Gasteiger partial charge >= 0.3 is 5.97 Å². The van der Waals surface area contributed by atoms with Crippen LogP contribution in [-0.4, -0.2) is 5.97 Å². The molecule has 0 aromatic carbocycles. The van der Waals surface area contributed by atoms with E-state index in [4.69, 9.17) is 4.74 Å². The van der Waals surface area contributed by atoms with Gasteiger partial charge in [-0.25, -0.2) is 0 Å². The first-order valence-corrected chi connectivity index (χ1v) is 7.13. The van der Waals surface area contributed by atoms with E-state index < -0.39 is 0 Å². The van der Waals surface area contributed by atoms with Crippen LogP contribution in [0.3, 0.4) is 0 Å². The summed E-state index contributed by atoms with van der Waals surface area (Å²) in [6, 6.07) is 0. The average Bonchev–Trinajstić information content (AvgIpc) is 2.91. The van der Waals surface area contributed by atoms with Crippen molar-refractivity contribution in [2.75, 3.05) is 0 Å². The van der Waals surface area contributed by atoms with Crippen LogP contribution in [0.4, 0.5) is 0 Å². The van der Waals surface area contributed by atoms with Crippen LogP contribution in [0, 0.1) is 17.3 Å². The fourth-order valence-electron chi connectivity index (χ4n) is 3.61. The number of ether oxygens (including phenoxy) is 1. The van der Waals surface area contributed by atoms with Crippen molar-refractivity contribution in [3.8, 4) is 0 Å². The van der Waals surface area contributed by atoms with Crippen molar-refractivity contribution in [2.45, 2.75) is 46.5 Å². The van der Waals surface area contributed by atoms with Gasteiger partial charge in [0.05, 0.1) is 6.26 Å². The molecule has 2 aliphatic rings. The van der Waals surface area contributed by atoms with Crippen LogP contribution < -0.4 is 0 Å². The monoisotopic (exact) mass is 260 g/mol. The van der Waals surface area contributed by atoms with E-state index in [1.807, 2.05) is 13.0 Å². The summed E-state index contributed by atoms with van der Waals surface area (Å²) < 4.78 is 4.85. The second-order valence-electron chi connectivity index (χ2n) is 6.23. The van der Waals surface area contributed by atoms with Crippen molar-refractivity contribution in [3.05, 3.63) is 36.1 Å². The first kappa shape index (κ1) is 14.1. The molecule has 0 aliphatic heterocycles. The highest BCUT2D eigenvalue weighted by atomic mass is 16.5. The second kappa shape index (κ2) is 5.36. The highest BCUT2D eigenvalue weighted by Gasteiger charge is 2.49. The van der Waals surface area contributed by atoms with E-state index >= 15 is 0 Å².